The average molecular weight is 348 g/mol. The fraction of sp³-hybridized carbons (Fsp3) is 0.176. The highest BCUT2D eigenvalue weighted by Gasteiger charge is 2.18. The summed E-state index contributed by atoms with van der Waals surface area (Å²) in [5, 5.41) is 0.827. The van der Waals surface area contributed by atoms with E-state index in [1.807, 2.05) is 0 Å². The molecule has 0 unspecified atom stereocenters. The molecule has 0 fully saturated rings. The Balaban J connectivity index is 2.28. The van der Waals surface area contributed by atoms with E-state index in [1.165, 1.54) is 21.3 Å². The third kappa shape index (κ3) is 2.76. The molecule has 0 N–H and O–H groups in total. The molecule has 6 nitrogen and oxygen atoms in total. The van der Waals surface area contributed by atoms with Crippen molar-refractivity contribution in [2.75, 3.05) is 21.3 Å². The first-order chi connectivity index (χ1) is 11.6. The van der Waals surface area contributed by atoms with E-state index in [-0.39, 0.29) is 5.89 Å². The molecule has 3 aromatic rings. The molecule has 0 atom stereocenters. The lowest BCUT2D eigenvalue weighted by Crippen LogP contribution is -2.04. The molecule has 0 aliphatic rings. The van der Waals surface area contributed by atoms with Gasteiger partial charge in [-0.2, -0.15) is 0 Å². The van der Waals surface area contributed by atoms with Crippen molar-refractivity contribution in [1.29, 1.82) is 0 Å². The number of hydrogen-bond donors (Lipinski definition) is 0. The van der Waals surface area contributed by atoms with E-state index in [2.05, 4.69) is 4.98 Å². The van der Waals surface area contributed by atoms with Gasteiger partial charge in [0.25, 0.3) is 0 Å². The number of rotatable bonds is 4. The highest BCUT2D eigenvalue weighted by molar-refractivity contribution is 6.31. The van der Waals surface area contributed by atoms with E-state index >= 15 is 0 Å². The molecule has 0 saturated carbocycles. The van der Waals surface area contributed by atoms with Crippen molar-refractivity contribution in [3.8, 4) is 28.7 Å². The number of aromatic nitrogens is 1. The molecule has 3 rings (SSSR count). The minimum atomic E-state index is -0.511. The van der Waals surface area contributed by atoms with Gasteiger partial charge in [-0.15, -0.1) is 0 Å². The summed E-state index contributed by atoms with van der Waals surface area (Å²) >= 11 is 5.98. The predicted molar refractivity (Wildman–Crippen MR) is 90.4 cm³/mol. The summed E-state index contributed by atoms with van der Waals surface area (Å²) in [5.74, 6) is 1.49. The van der Waals surface area contributed by atoms with E-state index in [1.54, 1.807) is 30.3 Å². The summed E-state index contributed by atoms with van der Waals surface area (Å²) in [6.45, 7) is 0. The number of ether oxygens (including phenoxy) is 3. The van der Waals surface area contributed by atoms with Crippen LogP contribution < -0.4 is 19.8 Å². The van der Waals surface area contributed by atoms with Crippen molar-refractivity contribution in [2.24, 2.45) is 0 Å². The number of fused-ring (bicyclic) bond motifs is 1. The summed E-state index contributed by atoms with van der Waals surface area (Å²) < 4.78 is 21.2. The lowest BCUT2D eigenvalue weighted by molar-refractivity contribution is 0.349. The largest absolute Gasteiger partial charge is 0.496 e. The minimum Gasteiger partial charge on any atom is -0.496 e. The molecular weight excluding hydrogens is 334 g/mol. The van der Waals surface area contributed by atoms with E-state index in [4.69, 9.17) is 30.2 Å². The second-order valence-corrected chi connectivity index (χ2v) is 5.31. The second-order valence-electron chi connectivity index (χ2n) is 4.88. The fourth-order valence-electron chi connectivity index (χ4n) is 2.36. The van der Waals surface area contributed by atoms with Gasteiger partial charge < -0.3 is 18.6 Å². The van der Waals surface area contributed by atoms with Gasteiger partial charge in [0.1, 0.15) is 5.75 Å². The number of nitrogens with zero attached hydrogens (tertiary/aromatic N) is 1. The van der Waals surface area contributed by atoms with Crippen LogP contribution in [0.2, 0.25) is 5.02 Å². The SMILES string of the molecule is COc1cc(OC)c(-c2nc3cc(Cl)ccc3c(=O)o2)cc1OC. The summed E-state index contributed by atoms with van der Waals surface area (Å²) in [6.07, 6.45) is 0. The van der Waals surface area contributed by atoms with Crippen LogP contribution in [0.3, 0.4) is 0 Å². The van der Waals surface area contributed by atoms with Crippen LogP contribution in [-0.2, 0) is 0 Å². The quantitative estimate of drug-likeness (QED) is 0.719. The smallest absolute Gasteiger partial charge is 0.347 e. The van der Waals surface area contributed by atoms with Gasteiger partial charge in [-0.05, 0) is 18.2 Å². The summed E-state index contributed by atoms with van der Waals surface area (Å²) in [7, 11) is 4.53. The molecule has 0 aliphatic carbocycles. The third-order valence-electron chi connectivity index (χ3n) is 3.53. The fourth-order valence-corrected chi connectivity index (χ4v) is 2.52. The number of hydrogen-bond acceptors (Lipinski definition) is 6. The van der Waals surface area contributed by atoms with Crippen molar-refractivity contribution in [3.63, 3.8) is 0 Å². The molecule has 7 heteroatoms. The highest BCUT2D eigenvalue weighted by Crippen LogP contribution is 2.39. The molecule has 1 heterocycles. The Morgan fingerprint density at radius 3 is 2.29 bits per heavy atom. The zero-order valence-corrected chi connectivity index (χ0v) is 14.0. The Bertz CT molecular complexity index is 967. The van der Waals surface area contributed by atoms with Gasteiger partial charge in [0.05, 0.1) is 37.8 Å². The zero-order valence-electron chi connectivity index (χ0n) is 13.3. The molecular formula is C17H14ClNO5. The van der Waals surface area contributed by atoms with Gasteiger partial charge in [0.15, 0.2) is 11.5 Å². The summed E-state index contributed by atoms with van der Waals surface area (Å²) in [4.78, 5) is 16.6. The van der Waals surface area contributed by atoms with Gasteiger partial charge in [0, 0.05) is 17.2 Å². The molecule has 0 radical (unpaired) electrons. The third-order valence-corrected chi connectivity index (χ3v) is 3.76. The van der Waals surface area contributed by atoms with Crippen molar-refractivity contribution in [1.82, 2.24) is 4.98 Å². The molecule has 24 heavy (non-hydrogen) atoms. The molecule has 0 spiro atoms. The van der Waals surface area contributed by atoms with Gasteiger partial charge in [-0.25, -0.2) is 9.78 Å². The maximum atomic E-state index is 12.2. The molecule has 124 valence electrons. The van der Waals surface area contributed by atoms with Crippen LogP contribution in [0.25, 0.3) is 22.4 Å². The van der Waals surface area contributed by atoms with Gasteiger partial charge in [-0.1, -0.05) is 11.6 Å². The van der Waals surface area contributed by atoms with Crippen molar-refractivity contribution in [3.05, 3.63) is 45.8 Å². The first-order valence-corrected chi connectivity index (χ1v) is 7.36. The van der Waals surface area contributed by atoms with Crippen molar-refractivity contribution < 1.29 is 18.6 Å². The van der Waals surface area contributed by atoms with Crippen LogP contribution >= 0.6 is 11.6 Å². The Morgan fingerprint density at radius 2 is 1.62 bits per heavy atom. The first-order valence-electron chi connectivity index (χ1n) is 6.98. The van der Waals surface area contributed by atoms with Crippen LogP contribution in [0.1, 0.15) is 0 Å². The minimum absolute atomic E-state index is 0.104. The van der Waals surface area contributed by atoms with E-state index < -0.39 is 5.63 Å². The van der Waals surface area contributed by atoms with Gasteiger partial charge in [-0.3, -0.25) is 0 Å². The lowest BCUT2D eigenvalue weighted by atomic mass is 10.1. The second kappa shape index (κ2) is 6.41. The first kappa shape index (κ1) is 16.1. The summed E-state index contributed by atoms with van der Waals surface area (Å²) in [5.41, 5.74) is 0.392. The van der Waals surface area contributed by atoms with E-state index in [0.717, 1.165) is 0 Å². The van der Waals surface area contributed by atoms with Crippen LogP contribution in [0, 0.1) is 0 Å². The monoisotopic (exact) mass is 347 g/mol. The average Bonchev–Trinajstić information content (AvgIpc) is 2.59. The Hall–Kier alpha value is -2.73. The highest BCUT2D eigenvalue weighted by atomic mass is 35.5. The van der Waals surface area contributed by atoms with Gasteiger partial charge in [0.2, 0.25) is 5.89 Å². The van der Waals surface area contributed by atoms with E-state index in [9.17, 15) is 4.79 Å². The molecule has 0 bridgehead atoms. The van der Waals surface area contributed by atoms with Crippen molar-refractivity contribution >= 4 is 22.5 Å². The van der Waals surface area contributed by atoms with Crippen LogP contribution in [0.5, 0.6) is 17.2 Å². The molecule has 1 aromatic heterocycles. The predicted octanol–water partition coefficient (Wildman–Crippen LogP) is 3.53. The Labute approximate surface area is 142 Å². The molecule has 0 amide bonds. The number of methoxy groups -OCH3 is 3. The lowest BCUT2D eigenvalue weighted by Gasteiger charge is -2.13. The maximum absolute atomic E-state index is 12.2. The molecule has 0 saturated heterocycles. The molecule has 0 aliphatic heterocycles. The Morgan fingerprint density at radius 1 is 0.958 bits per heavy atom. The van der Waals surface area contributed by atoms with Gasteiger partial charge >= 0.3 is 5.63 Å². The zero-order chi connectivity index (χ0) is 17.3. The molecule has 2 aromatic carbocycles. The number of halogens is 1. The van der Waals surface area contributed by atoms with Crippen LogP contribution in [0.15, 0.2) is 39.5 Å². The maximum Gasteiger partial charge on any atom is 0.347 e. The van der Waals surface area contributed by atoms with Crippen LogP contribution in [0.4, 0.5) is 0 Å². The van der Waals surface area contributed by atoms with Crippen molar-refractivity contribution in [2.45, 2.75) is 0 Å². The topological polar surface area (TPSA) is 70.8 Å². The number of benzene rings is 2. The summed E-state index contributed by atoms with van der Waals surface area (Å²) in [6, 6.07) is 8.06. The standard InChI is InChI=1S/C17H14ClNO5/c1-21-13-8-15(23-3)14(22-2)7-11(13)16-19-12-6-9(18)4-5-10(12)17(20)24-16/h4-8H,1-3H3. The Kier molecular flexibility index (Phi) is 4.31. The normalized spacial score (nSPS) is 10.7. The van der Waals surface area contributed by atoms with Crippen LogP contribution in [-0.4, -0.2) is 26.3 Å². The van der Waals surface area contributed by atoms with E-state index in [0.29, 0.717) is 38.7 Å².